The summed E-state index contributed by atoms with van der Waals surface area (Å²) in [4.78, 5) is 0. The lowest BCUT2D eigenvalue weighted by atomic mass is 9.74. The molecule has 0 aromatic carbocycles. The minimum atomic E-state index is 0.468. The summed E-state index contributed by atoms with van der Waals surface area (Å²) in [7, 11) is 0. The molecule has 1 rings (SSSR count). The Balaban J connectivity index is 2.35. The molecule has 0 bridgehead atoms. The van der Waals surface area contributed by atoms with Gasteiger partial charge in [-0.25, -0.2) is 0 Å². The fourth-order valence-electron chi connectivity index (χ4n) is 1.64. The van der Waals surface area contributed by atoms with E-state index in [1.54, 1.807) is 0 Å². The molecule has 0 spiro atoms. The molecular weight excluding hydrogens is 154 g/mol. The predicted molar refractivity (Wildman–Crippen MR) is 52.9 cm³/mol. The van der Waals surface area contributed by atoms with Crippen LogP contribution in [0.3, 0.4) is 0 Å². The molecule has 0 aromatic heterocycles. The van der Waals surface area contributed by atoms with Crippen LogP contribution in [0.25, 0.3) is 0 Å². The molecule has 1 fully saturated rings. The highest BCUT2D eigenvalue weighted by Gasteiger charge is 2.42. The van der Waals surface area contributed by atoms with Gasteiger partial charge >= 0.3 is 0 Å². The normalized spacial score (nSPS) is 36.8. The molecule has 0 radical (unpaired) electrons. The van der Waals surface area contributed by atoms with Gasteiger partial charge in [0.1, 0.15) is 0 Å². The summed E-state index contributed by atoms with van der Waals surface area (Å²) in [5.41, 5.74) is 5.78. The zero-order chi connectivity index (χ0) is 8.32. The molecule has 0 heterocycles. The Hall–Kier alpha value is 0.310. The molecule has 11 heavy (non-hydrogen) atoms. The standard InChI is InChI=1S/C9H19NS/c1-3-6-11-9(7-10)5-4-8(9)2/h8H,3-7,10H2,1-2H3. The van der Waals surface area contributed by atoms with Crippen LogP contribution in [0.1, 0.15) is 33.1 Å². The maximum Gasteiger partial charge on any atom is 0.0307 e. The summed E-state index contributed by atoms with van der Waals surface area (Å²) in [6.07, 6.45) is 4.00. The molecule has 0 saturated heterocycles. The van der Waals surface area contributed by atoms with Gasteiger partial charge in [-0.3, -0.25) is 0 Å². The number of hydrogen-bond donors (Lipinski definition) is 1. The van der Waals surface area contributed by atoms with Crippen LogP contribution < -0.4 is 5.73 Å². The van der Waals surface area contributed by atoms with Crippen molar-refractivity contribution in [1.29, 1.82) is 0 Å². The van der Waals surface area contributed by atoms with Gasteiger partial charge < -0.3 is 5.73 Å². The van der Waals surface area contributed by atoms with E-state index in [1.807, 2.05) is 0 Å². The van der Waals surface area contributed by atoms with Crippen molar-refractivity contribution in [3.63, 3.8) is 0 Å². The van der Waals surface area contributed by atoms with E-state index < -0.39 is 0 Å². The average Bonchev–Trinajstić information content (AvgIpc) is 2.04. The number of thioether (sulfide) groups is 1. The Morgan fingerprint density at radius 1 is 1.64 bits per heavy atom. The zero-order valence-corrected chi connectivity index (χ0v) is 8.41. The van der Waals surface area contributed by atoms with Crippen molar-refractivity contribution in [1.82, 2.24) is 0 Å². The second-order valence-electron chi connectivity index (χ2n) is 3.56. The molecule has 0 aromatic rings. The number of nitrogens with two attached hydrogens (primary N) is 1. The van der Waals surface area contributed by atoms with E-state index in [2.05, 4.69) is 25.6 Å². The first kappa shape index (κ1) is 9.40. The van der Waals surface area contributed by atoms with Crippen molar-refractivity contribution >= 4 is 11.8 Å². The van der Waals surface area contributed by atoms with Crippen LogP contribution in [0.15, 0.2) is 0 Å². The molecular formula is C9H19NS. The fourth-order valence-corrected chi connectivity index (χ4v) is 3.03. The van der Waals surface area contributed by atoms with Crippen molar-refractivity contribution in [3.8, 4) is 0 Å². The lowest BCUT2D eigenvalue weighted by Crippen LogP contribution is -2.48. The van der Waals surface area contributed by atoms with Crippen molar-refractivity contribution in [2.45, 2.75) is 37.9 Å². The number of rotatable bonds is 4. The molecule has 2 atom stereocenters. The quantitative estimate of drug-likeness (QED) is 0.705. The van der Waals surface area contributed by atoms with Gasteiger partial charge in [0, 0.05) is 11.3 Å². The van der Waals surface area contributed by atoms with Crippen molar-refractivity contribution in [2.24, 2.45) is 11.7 Å². The minimum absolute atomic E-state index is 0.468. The third-order valence-corrected chi connectivity index (χ3v) is 4.80. The smallest absolute Gasteiger partial charge is 0.0307 e. The average molecular weight is 173 g/mol. The summed E-state index contributed by atoms with van der Waals surface area (Å²) in [6.45, 7) is 5.44. The molecule has 2 unspecified atom stereocenters. The van der Waals surface area contributed by atoms with Gasteiger partial charge in [-0.15, -0.1) is 0 Å². The lowest BCUT2D eigenvalue weighted by Gasteiger charge is -2.47. The van der Waals surface area contributed by atoms with Crippen LogP contribution >= 0.6 is 11.8 Å². The Labute approximate surface area is 74.1 Å². The maximum atomic E-state index is 5.78. The molecule has 0 aliphatic heterocycles. The Morgan fingerprint density at radius 2 is 2.36 bits per heavy atom. The lowest BCUT2D eigenvalue weighted by molar-refractivity contribution is 0.245. The first-order chi connectivity index (χ1) is 5.25. The van der Waals surface area contributed by atoms with Crippen molar-refractivity contribution in [2.75, 3.05) is 12.3 Å². The van der Waals surface area contributed by atoms with Gasteiger partial charge in [-0.05, 0) is 30.9 Å². The highest BCUT2D eigenvalue weighted by molar-refractivity contribution is 8.00. The Morgan fingerprint density at radius 3 is 2.64 bits per heavy atom. The third-order valence-electron chi connectivity index (χ3n) is 2.84. The van der Waals surface area contributed by atoms with E-state index in [4.69, 9.17) is 5.73 Å². The molecule has 2 heteroatoms. The van der Waals surface area contributed by atoms with Crippen LogP contribution in [-0.2, 0) is 0 Å². The highest BCUT2D eigenvalue weighted by Crippen LogP contribution is 2.48. The Bertz CT molecular complexity index is 123. The predicted octanol–water partition coefficient (Wildman–Crippen LogP) is 2.26. The first-order valence-electron chi connectivity index (χ1n) is 4.59. The van der Waals surface area contributed by atoms with Crippen LogP contribution in [0.2, 0.25) is 0 Å². The molecule has 1 nitrogen and oxygen atoms in total. The minimum Gasteiger partial charge on any atom is -0.329 e. The molecule has 1 aliphatic carbocycles. The van der Waals surface area contributed by atoms with E-state index in [0.717, 1.165) is 12.5 Å². The second-order valence-corrected chi connectivity index (χ2v) is 5.07. The van der Waals surface area contributed by atoms with E-state index in [0.29, 0.717) is 4.75 Å². The van der Waals surface area contributed by atoms with Gasteiger partial charge in [0.2, 0.25) is 0 Å². The third kappa shape index (κ3) is 1.73. The maximum absolute atomic E-state index is 5.78. The summed E-state index contributed by atoms with van der Waals surface area (Å²) in [5, 5.41) is 0. The number of hydrogen-bond acceptors (Lipinski definition) is 2. The van der Waals surface area contributed by atoms with Gasteiger partial charge in [-0.2, -0.15) is 11.8 Å². The molecule has 2 N–H and O–H groups in total. The van der Waals surface area contributed by atoms with Gasteiger partial charge in [-0.1, -0.05) is 13.8 Å². The summed E-state index contributed by atoms with van der Waals surface area (Å²) in [6, 6.07) is 0. The molecule has 0 amide bonds. The highest BCUT2D eigenvalue weighted by atomic mass is 32.2. The van der Waals surface area contributed by atoms with Crippen molar-refractivity contribution in [3.05, 3.63) is 0 Å². The Kier molecular flexibility index (Phi) is 3.26. The van der Waals surface area contributed by atoms with Crippen LogP contribution in [0.5, 0.6) is 0 Å². The monoisotopic (exact) mass is 173 g/mol. The van der Waals surface area contributed by atoms with Crippen LogP contribution in [0.4, 0.5) is 0 Å². The molecule has 1 aliphatic rings. The van der Waals surface area contributed by atoms with Gasteiger partial charge in [0.15, 0.2) is 0 Å². The summed E-state index contributed by atoms with van der Waals surface area (Å²) >= 11 is 2.09. The van der Waals surface area contributed by atoms with E-state index in [-0.39, 0.29) is 0 Å². The zero-order valence-electron chi connectivity index (χ0n) is 7.60. The first-order valence-corrected chi connectivity index (χ1v) is 5.58. The van der Waals surface area contributed by atoms with E-state index in [1.165, 1.54) is 25.0 Å². The SMILES string of the molecule is CCCSC1(CN)CCC1C. The van der Waals surface area contributed by atoms with E-state index in [9.17, 15) is 0 Å². The second kappa shape index (κ2) is 3.81. The molecule has 66 valence electrons. The topological polar surface area (TPSA) is 26.0 Å². The van der Waals surface area contributed by atoms with E-state index >= 15 is 0 Å². The largest absolute Gasteiger partial charge is 0.329 e. The molecule has 1 saturated carbocycles. The van der Waals surface area contributed by atoms with Gasteiger partial charge in [0.05, 0.1) is 0 Å². The van der Waals surface area contributed by atoms with Gasteiger partial charge in [0.25, 0.3) is 0 Å². The van der Waals surface area contributed by atoms with Crippen LogP contribution in [-0.4, -0.2) is 17.0 Å². The van der Waals surface area contributed by atoms with Crippen LogP contribution in [0, 0.1) is 5.92 Å². The van der Waals surface area contributed by atoms with Crippen molar-refractivity contribution < 1.29 is 0 Å². The summed E-state index contributed by atoms with van der Waals surface area (Å²) in [5.74, 6) is 2.13. The fraction of sp³-hybridized carbons (Fsp3) is 1.00. The summed E-state index contributed by atoms with van der Waals surface area (Å²) < 4.78 is 0.468.